The van der Waals surface area contributed by atoms with E-state index in [0.717, 1.165) is 29.7 Å². The van der Waals surface area contributed by atoms with E-state index < -0.39 is 6.04 Å². The first kappa shape index (κ1) is 26.4. The van der Waals surface area contributed by atoms with Gasteiger partial charge in [0.15, 0.2) is 0 Å². The highest BCUT2D eigenvalue weighted by Gasteiger charge is 2.29. The predicted molar refractivity (Wildman–Crippen MR) is 131 cm³/mol. The van der Waals surface area contributed by atoms with Crippen LogP contribution in [0.5, 0.6) is 5.75 Å². The van der Waals surface area contributed by atoms with Gasteiger partial charge in [0.2, 0.25) is 11.8 Å². The maximum absolute atomic E-state index is 13.3. The number of hydrogen-bond acceptors (Lipinski definition) is 4. The molecule has 0 spiro atoms. The molecule has 0 aliphatic rings. The normalized spacial score (nSPS) is 11.8. The van der Waals surface area contributed by atoms with Crippen molar-refractivity contribution >= 4 is 11.8 Å². The third-order valence-electron chi connectivity index (χ3n) is 5.32. The Labute approximate surface area is 198 Å². The summed E-state index contributed by atoms with van der Waals surface area (Å²) >= 11 is 0. The molecule has 33 heavy (non-hydrogen) atoms. The number of carbonyl (C=O) groups excluding carboxylic acids is 2. The molecule has 0 saturated heterocycles. The minimum atomic E-state index is -0.598. The van der Waals surface area contributed by atoms with Gasteiger partial charge in [-0.2, -0.15) is 0 Å². The standard InChI is InChI=1S/C27H38N2O4/c1-5-10-26(30)29(20-23-13-15-24(32-4)16-14-23)25(19-22-11-7-6-8-12-22)27(31)28-17-9-18-33-21(2)3/h6-8,11-16,21,25H,5,9-10,17-20H2,1-4H3,(H,28,31). The lowest BCUT2D eigenvalue weighted by Gasteiger charge is -2.31. The fraction of sp³-hybridized carbons (Fsp3) is 0.481. The number of methoxy groups -OCH3 is 1. The molecule has 0 heterocycles. The monoisotopic (exact) mass is 454 g/mol. The molecule has 2 aromatic rings. The molecule has 0 fully saturated rings. The van der Waals surface area contributed by atoms with Gasteiger partial charge in [-0.25, -0.2) is 0 Å². The largest absolute Gasteiger partial charge is 0.497 e. The van der Waals surface area contributed by atoms with Crippen molar-refractivity contribution in [1.29, 1.82) is 0 Å². The number of nitrogens with one attached hydrogen (secondary N) is 1. The number of ether oxygens (including phenoxy) is 2. The summed E-state index contributed by atoms with van der Waals surface area (Å²) in [6.07, 6.45) is 2.48. The van der Waals surface area contributed by atoms with Gasteiger partial charge in [0, 0.05) is 32.5 Å². The van der Waals surface area contributed by atoms with E-state index in [1.807, 2.05) is 75.4 Å². The van der Waals surface area contributed by atoms with Gasteiger partial charge in [0.1, 0.15) is 11.8 Å². The summed E-state index contributed by atoms with van der Waals surface area (Å²) in [4.78, 5) is 28.2. The quantitative estimate of drug-likeness (QED) is 0.431. The van der Waals surface area contributed by atoms with Gasteiger partial charge < -0.3 is 19.7 Å². The van der Waals surface area contributed by atoms with Crippen LogP contribution < -0.4 is 10.1 Å². The lowest BCUT2D eigenvalue weighted by molar-refractivity contribution is -0.141. The first-order valence-corrected chi connectivity index (χ1v) is 11.8. The van der Waals surface area contributed by atoms with Crippen LogP contribution >= 0.6 is 0 Å². The minimum Gasteiger partial charge on any atom is -0.497 e. The molecule has 1 atom stereocenters. The van der Waals surface area contributed by atoms with E-state index in [1.165, 1.54) is 0 Å². The first-order valence-electron chi connectivity index (χ1n) is 11.8. The van der Waals surface area contributed by atoms with Gasteiger partial charge in [0.05, 0.1) is 13.2 Å². The number of amides is 2. The first-order chi connectivity index (χ1) is 15.9. The van der Waals surface area contributed by atoms with Crippen LogP contribution in [0, 0.1) is 0 Å². The second-order valence-electron chi connectivity index (χ2n) is 8.39. The van der Waals surface area contributed by atoms with Crippen molar-refractivity contribution in [3.63, 3.8) is 0 Å². The summed E-state index contributed by atoms with van der Waals surface area (Å²) in [5.41, 5.74) is 1.97. The van der Waals surface area contributed by atoms with Gasteiger partial charge in [-0.05, 0) is 49.9 Å². The molecule has 0 bridgehead atoms. The van der Waals surface area contributed by atoms with Gasteiger partial charge in [-0.3, -0.25) is 9.59 Å². The van der Waals surface area contributed by atoms with Crippen LogP contribution in [0.2, 0.25) is 0 Å². The van der Waals surface area contributed by atoms with E-state index in [9.17, 15) is 9.59 Å². The van der Waals surface area contributed by atoms with Crippen LogP contribution in [-0.2, 0) is 27.3 Å². The predicted octanol–water partition coefficient (Wildman–Crippen LogP) is 4.37. The average molecular weight is 455 g/mol. The summed E-state index contributed by atoms with van der Waals surface area (Å²) in [6.45, 7) is 7.42. The SMILES string of the molecule is CCCC(=O)N(Cc1ccc(OC)cc1)C(Cc1ccccc1)C(=O)NCCCOC(C)C. The Balaban J connectivity index is 2.22. The molecule has 180 valence electrons. The lowest BCUT2D eigenvalue weighted by atomic mass is 10.0. The van der Waals surface area contributed by atoms with Crippen molar-refractivity contribution in [3.8, 4) is 5.75 Å². The summed E-state index contributed by atoms with van der Waals surface area (Å²) in [5.74, 6) is 0.598. The molecule has 2 rings (SSSR count). The third-order valence-corrected chi connectivity index (χ3v) is 5.32. The van der Waals surface area contributed by atoms with Crippen LogP contribution in [0.25, 0.3) is 0 Å². The highest BCUT2D eigenvalue weighted by atomic mass is 16.5. The van der Waals surface area contributed by atoms with Crippen molar-refractivity contribution in [1.82, 2.24) is 10.2 Å². The van der Waals surface area contributed by atoms with Gasteiger partial charge in [-0.15, -0.1) is 0 Å². The highest BCUT2D eigenvalue weighted by molar-refractivity contribution is 5.88. The van der Waals surface area contributed by atoms with Crippen LogP contribution in [0.3, 0.4) is 0 Å². The number of rotatable bonds is 14. The third kappa shape index (κ3) is 9.26. The van der Waals surface area contributed by atoms with E-state index in [1.54, 1.807) is 12.0 Å². The average Bonchev–Trinajstić information content (AvgIpc) is 2.82. The molecule has 0 radical (unpaired) electrons. The minimum absolute atomic E-state index is 0.0208. The Kier molecular flexibility index (Phi) is 11.5. The van der Waals surface area contributed by atoms with Crippen LogP contribution in [0.15, 0.2) is 54.6 Å². The zero-order chi connectivity index (χ0) is 24.1. The molecule has 0 saturated carbocycles. The topological polar surface area (TPSA) is 67.9 Å². The zero-order valence-corrected chi connectivity index (χ0v) is 20.4. The number of nitrogens with zero attached hydrogens (tertiary/aromatic N) is 1. The molecule has 6 heteroatoms. The lowest BCUT2D eigenvalue weighted by Crippen LogP contribution is -2.50. The van der Waals surface area contributed by atoms with E-state index in [2.05, 4.69) is 5.32 Å². The molecule has 0 aromatic heterocycles. The maximum atomic E-state index is 13.3. The number of benzene rings is 2. The smallest absolute Gasteiger partial charge is 0.243 e. The highest BCUT2D eigenvalue weighted by Crippen LogP contribution is 2.18. The fourth-order valence-corrected chi connectivity index (χ4v) is 3.56. The molecule has 2 amide bonds. The summed E-state index contributed by atoms with van der Waals surface area (Å²) in [7, 11) is 1.62. The molecule has 0 aliphatic carbocycles. The second kappa shape index (κ2) is 14.3. The van der Waals surface area contributed by atoms with E-state index in [4.69, 9.17) is 9.47 Å². The number of carbonyl (C=O) groups is 2. The van der Waals surface area contributed by atoms with Crippen molar-refractivity contribution in [2.24, 2.45) is 0 Å². The Morgan fingerprint density at radius 2 is 1.70 bits per heavy atom. The molecule has 1 unspecified atom stereocenters. The Morgan fingerprint density at radius 1 is 1.00 bits per heavy atom. The number of hydrogen-bond donors (Lipinski definition) is 1. The zero-order valence-electron chi connectivity index (χ0n) is 20.4. The van der Waals surface area contributed by atoms with Crippen molar-refractivity contribution in [2.45, 2.75) is 65.1 Å². The summed E-state index contributed by atoms with van der Waals surface area (Å²) in [6, 6.07) is 16.9. The van der Waals surface area contributed by atoms with Crippen LogP contribution in [0.4, 0.5) is 0 Å². The van der Waals surface area contributed by atoms with Crippen LogP contribution in [0.1, 0.15) is 51.2 Å². The van der Waals surface area contributed by atoms with Gasteiger partial charge in [-0.1, -0.05) is 49.4 Å². The van der Waals surface area contributed by atoms with Gasteiger partial charge in [0.25, 0.3) is 0 Å². The molecular formula is C27H38N2O4. The maximum Gasteiger partial charge on any atom is 0.243 e. The van der Waals surface area contributed by atoms with E-state index in [-0.39, 0.29) is 17.9 Å². The van der Waals surface area contributed by atoms with Crippen molar-refractivity contribution in [3.05, 3.63) is 65.7 Å². The van der Waals surface area contributed by atoms with Crippen LogP contribution in [-0.4, -0.2) is 49.1 Å². The molecular weight excluding hydrogens is 416 g/mol. The molecule has 0 aliphatic heterocycles. The fourth-order valence-electron chi connectivity index (χ4n) is 3.56. The summed E-state index contributed by atoms with van der Waals surface area (Å²) < 4.78 is 10.8. The van der Waals surface area contributed by atoms with Gasteiger partial charge >= 0.3 is 0 Å². The second-order valence-corrected chi connectivity index (χ2v) is 8.39. The van der Waals surface area contributed by atoms with Crippen molar-refractivity contribution < 1.29 is 19.1 Å². The van der Waals surface area contributed by atoms with Crippen molar-refractivity contribution in [2.75, 3.05) is 20.3 Å². The van der Waals surface area contributed by atoms with E-state index >= 15 is 0 Å². The molecule has 6 nitrogen and oxygen atoms in total. The van der Waals surface area contributed by atoms with E-state index in [0.29, 0.717) is 32.5 Å². The Hall–Kier alpha value is -2.86. The Bertz CT molecular complexity index is 837. The Morgan fingerprint density at radius 3 is 2.30 bits per heavy atom. The summed E-state index contributed by atoms with van der Waals surface area (Å²) in [5, 5.41) is 3.03. The molecule has 2 aromatic carbocycles. The molecule has 1 N–H and O–H groups in total.